The Hall–Kier alpha value is -5.09. The van der Waals surface area contributed by atoms with E-state index in [0.717, 1.165) is 27.6 Å². The van der Waals surface area contributed by atoms with Gasteiger partial charge in [0.05, 0.1) is 20.2 Å². The lowest BCUT2D eigenvalue weighted by Crippen LogP contribution is -2.75. The van der Waals surface area contributed by atoms with E-state index in [1.165, 1.54) is 0 Å². The molecule has 0 aliphatic carbocycles. The number of H-pyrrole nitrogens is 1. The first-order valence-corrected chi connectivity index (χ1v) is 15.1. The van der Waals surface area contributed by atoms with Gasteiger partial charge in [0.2, 0.25) is 17.7 Å². The predicted molar refractivity (Wildman–Crippen MR) is 170 cm³/mol. The maximum atomic E-state index is 14.3. The van der Waals surface area contributed by atoms with Crippen LogP contribution in [0.2, 0.25) is 0 Å². The summed E-state index contributed by atoms with van der Waals surface area (Å²) in [5.74, 6) is 0.282. The van der Waals surface area contributed by atoms with Gasteiger partial charge in [0, 0.05) is 43.0 Å². The van der Waals surface area contributed by atoms with Crippen LogP contribution < -0.4 is 4.74 Å². The topological polar surface area (TPSA) is 109 Å². The predicted octanol–water partition coefficient (Wildman–Crippen LogP) is 3.87. The molecule has 0 radical (unpaired) electrons. The van der Waals surface area contributed by atoms with Crippen molar-refractivity contribution < 1.29 is 24.2 Å². The van der Waals surface area contributed by atoms with Gasteiger partial charge < -0.3 is 24.6 Å². The van der Waals surface area contributed by atoms with Gasteiger partial charge >= 0.3 is 0 Å². The van der Waals surface area contributed by atoms with E-state index in [-0.39, 0.29) is 55.9 Å². The van der Waals surface area contributed by atoms with Crippen LogP contribution in [-0.4, -0.2) is 86.6 Å². The highest BCUT2D eigenvalue weighted by molar-refractivity contribution is 5.92. The molecule has 2 fully saturated rings. The fourth-order valence-electron chi connectivity index (χ4n) is 6.39. The Balaban J connectivity index is 1.36. The number of rotatable bonds is 10. The summed E-state index contributed by atoms with van der Waals surface area (Å²) in [5.41, 5.74) is 3.67. The number of hydrazine groups is 1. The fourth-order valence-corrected chi connectivity index (χ4v) is 6.39. The molecule has 2 aliphatic rings. The summed E-state index contributed by atoms with van der Waals surface area (Å²) in [6.45, 7) is 4.57. The van der Waals surface area contributed by atoms with Gasteiger partial charge in [-0.2, -0.15) is 0 Å². The molecule has 3 heterocycles. The number of hydrogen-bond acceptors (Lipinski definition) is 6. The Kier molecular flexibility index (Phi) is 8.57. The minimum absolute atomic E-state index is 0.0405. The molecule has 232 valence electrons. The number of aromatic nitrogens is 1. The molecule has 0 spiro atoms. The minimum atomic E-state index is -0.837. The van der Waals surface area contributed by atoms with Gasteiger partial charge in [-0.3, -0.25) is 14.4 Å². The molecule has 10 heteroatoms. The molecule has 6 rings (SSSR count). The summed E-state index contributed by atoms with van der Waals surface area (Å²) in [7, 11) is 1.61. The normalized spacial score (nSPS) is 18.7. The molecule has 4 aromatic rings. The first-order chi connectivity index (χ1) is 21.9. The van der Waals surface area contributed by atoms with Gasteiger partial charge in [-0.25, -0.2) is 10.0 Å². The molecule has 0 saturated carbocycles. The molecule has 3 aromatic carbocycles. The van der Waals surface area contributed by atoms with E-state index in [9.17, 15) is 19.5 Å². The zero-order chi connectivity index (χ0) is 31.5. The molecule has 0 unspecified atom stereocenters. The first-order valence-electron chi connectivity index (χ1n) is 15.1. The minimum Gasteiger partial charge on any atom is -0.508 e. The molecule has 2 N–H and O–H groups in total. The molecule has 10 nitrogen and oxygen atoms in total. The molecule has 45 heavy (non-hydrogen) atoms. The third-order valence-corrected chi connectivity index (χ3v) is 8.60. The van der Waals surface area contributed by atoms with Crippen molar-refractivity contribution in [1.82, 2.24) is 24.8 Å². The molecular weight excluding hydrogens is 570 g/mol. The monoisotopic (exact) mass is 607 g/mol. The van der Waals surface area contributed by atoms with Crippen LogP contribution in [-0.2, 0) is 33.8 Å². The summed E-state index contributed by atoms with van der Waals surface area (Å²) < 4.78 is 5.45. The number of nitrogens with one attached hydrogen (secondary N) is 1. The largest absolute Gasteiger partial charge is 0.508 e. The van der Waals surface area contributed by atoms with Crippen LogP contribution in [0.4, 0.5) is 0 Å². The molecule has 2 aliphatic heterocycles. The maximum absolute atomic E-state index is 14.3. The molecule has 2 saturated heterocycles. The third kappa shape index (κ3) is 6.14. The van der Waals surface area contributed by atoms with Crippen LogP contribution in [0.25, 0.3) is 10.9 Å². The van der Waals surface area contributed by atoms with E-state index in [1.54, 1.807) is 57.3 Å². The summed E-state index contributed by atoms with van der Waals surface area (Å²) in [5, 5.41) is 14.2. The number of carbonyl (C=O) groups excluding carboxylic acids is 3. The molecular formula is C35H37N5O5. The van der Waals surface area contributed by atoms with Crippen LogP contribution in [0.1, 0.15) is 23.1 Å². The zero-order valence-corrected chi connectivity index (χ0v) is 25.3. The summed E-state index contributed by atoms with van der Waals surface area (Å²) >= 11 is 0. The van der Waals surface area contributed by atoms with Crippen molar-refractivity contribution in [1.29, 1.82) is 0 Å². The van der Waals surface area contributed by atoms with Gasteiger partial charge in [-0.1, -0.05) is 48.5 Å². The van der Waals surface area contributed by atoms with Crippen molar-refractivity contribution in [3.63, 3.8) is 0 Å². The number of benzene rings is 3. The average Bonchev–Trinajstić information content (AvgIpc) is 3.45. The van der Waals surface area contributed by atoms with Crippen molar-refractivity contribution in [3.8, 4) is 11.5 Å². The van der Waals surface area contributed by atoms with Crippen molar-refractivity contribution in [3.05, 3.63) is 108 Å². The summed E-state index contributed by atoms with van der Waals surface area (Å²) in [4.78, 5) is 48.8. The lowest BCUT2D eigenvalue weighted by molar-refractivity contribution is -0.205. The number of methoxy groups -OCH3 is 1. The summed E-state index contributed by atoms with van der Waals surface area (Å²) in [6, 6.07) is 21.4. The quantitative estimate of drug-likeness (QED) is 0.265. The number of piperazine rings is 1. The Bertz CT molecular complexity index is 1700. The van der Waals surface area contributed by atoms with E-state index in [2.05, 4.69) is 11.6 Å². The standard InChI is InChI=1S/C35H37N5O5/c1-3-17-38-23-34(43)39-31(18-25-9-12-27(41)13-10-25)35(44)37(21-26-20-36-30-15-14-28(45-2)19-29(26)30)22-32(39)40(38)33(42)16-11-24-7-5-4-6-8-24/h3-10,12-15,19-20,31-32,36,41H,1,11,16-18,21-23H2,2H3/t31-,32-/m0/s1. The number of aryl methyl sites for hydroxylation is 1. The van der Waals surface area contributed by atoms with Gasteiger partial charge in [0.25, 0.3) is 0 Å². The van der Waals surface area contributed by atoms with Crippen molar-refractivity contribution >= 4 is 28.6 Å². The SMILES string of the molecule is C=CCN1CC(=O)N2[C@@H](Cc3ccc(O)cc3)C(=O)N(Cc3c[nH]c4ccc(OC)cc34)C[C@@H]2N1C(=O)CCc1ccccc1. The second-order valence-corrected chi connectivity index (χ2v) is 11.5. The Morgan fingerprint density at radius 3 is 2.58 bits per heavy atom. The zero-order valence-electron chi connectivity index (χ0n) is 25.3. The van der Waals surface area contributed by atoms with E-state index < -0.39 is 12.2 Å². The Labute approximate surface area is 262 Å². The number of aromatic hydroxyl groups is 1. The fraction of sp³-hybridized carbons (Fsp3) is 0.286. The maximum Gasteiger partial charge on any atom is 0.246 e. The molecule has 0 bridgehead atoms. The smallest absolute Gasteiger partial charge is 0.246 e. The number of phenols is 1. The van der Waals surface area contributed by atoms with Crippen molar-refractivity contribution in [2.75, 3.05) is 26.7 Å². The number of amides is 3. The number of carbonyl (C=O) groups is 3. The highest BCUT2D eigenvalue weighted by Crippen LogP contribution is 2.32. The van der Waals surface area contributed by atoms with E-state index >= 15 is 0 Å². The average molecular weight is 608 g/mol. The van der Waals surface area contributed by atoms with Crippen LogP contribution in [0, 0.1) is 0 Å². The van der Waals surface area contributed by atoms with Crippen LogP contribution in [0.15, 0.2) is 91.6 Å². The van der Waals surface area contributed by atoms with Crippen molar-refractivity contribution in [2.24, 2.45) is 0 Å². The second kappa shape index (κ2) is 12.9. The van der Waals surface area contributed by atoms with E-state index in [4.69, 9.17) is 4.74 Å². The highest BCUT2D eigenvalue weighted by Gasteiger charge is 2.51. The van der Waals surface area contributed by atoms with Crippen molar-refractivity contribution in [2.45, 2.75) is 38.0 Å². The second-order valence-electron chi connectivity index (χ2n) is 11.5. The number of nitrogens with zero attached hydrogens (tertiary/aromatic N) is 4. The first kappa shape index (κ1) is 30.0. The highest BCUT2D eigenvalue weighted by atomic mass is 16.5. The Morgan fingerprint density at radius 1 is 1.07 bits per heavy atom. The number of ether oxygens (including phenoxy) is 1. The lowest BCUT2D eigenvalue weighted by Gasteiger charge is -2.55. The number of phenolic OH excluding ortho intramolecular Hbond substituents is 1. The molecule has 3 amide bonds. The van der Waals surface area contributed by atoms with E-state index in [0.29, 0.717) is 18.7 Å². The Morgan fingerprint density at radius 2 is 1.84 bits per heavy atom. The van der Waals surface area contributed by atoms with Gasteiger partial charge in [0.15, 0.2) is 0 Å². The number of hydrogen-bond donors (Lipinski definition) is 2. The van der Waals surface area contributed by atoms with Gasteiger partial charge in [-0.15, -0.1) is 6.58 Å². The van der Waals surface area contributed by atoms with Crippen LogP contribution in [0.5, 0.6) is 11.5 Å². The summed E-state index contributed by atoms with van der Waals surface area (Å²) in [6.07, 6.45) is 3.91. The third-order valence-electron chi connectivity index (χ3n) is 8.60. The van der Waals surface area contributed by atoms with E-state index in [1.807, 2.05) is 54.7 Å². The van der Waals surface area contributed by atoms with Gasteiger partial charge in [-0.05, 0) is 53.4 Å². The number of fused-ring (bicyclic) bond motifs is 2. The van der Waals surface area contributed by atoms with Crippen LogP contribution in [0.3, 0.4) is 0 Å². The lowest BCUT2D eigenvalue weighted by atomic mass is 9.98. The molecule has 1 aromatic heterocycles. The molecule has 2 atom stereocenters. The van der Waals surface area contributed by atoms with Gasteiger partial charge in [0.1, 0.15) is 23.7 Å². The number of aromatic amines is 1. The van der Waals surface area contributed by atoms with Crippen LogP contribution >= 0.6 is 0 Å².